The van der Waals surface area contributed by atoms with Crippen molar-refractivity contribution in [3.63, 3.8) is 0 Å². The molecule has 0 atom stereocenters. The van der Waals surface area contributed by atoms with Gasteiger partial charge in [0.15, 0.2) is 0 Å². The summed E-state index contributed by atoms with van der Waals surface area (Å²) in [7, 11) is -0.0531. The summed E-state index contributed by atoms with van der Waals surface area (Å²) in [4.78, 5) is 10.1. The largest absolute Gasteiger partial charge is 0.347 e. The highest BCUT2D eigenvalue weighted by molar-refractivity contribution is 7.89. The van der Waals surface area contributed by atoms with Gasteiger partial charge in [-0.15, -0.1) is 0 Å². The van der Waals surface area contributed by atoms with Gasteiger partial charge in [0, 0.05) is 20.3 Å². The van der Waals surface area contributed by atoms with Gasteiger partial charge >= 0.3 is 0 Å². The third kappa shape index (κ3) is 3.90. The standard InChI is InChI=1S/C13H15ClN4O2S/c1-18(2)13-15-8-7-10(17-13)9-16-21(19,20)12-6-4-3-5-11(12)14/h3-8,16H,9H2,1-2H3. The van der Waals surface area contributed by atoms with Gasteiger partial charge in [0.05, 0.1) is 17.3 Å². The predicted octanol–water partition coefficient (Wildman–Crippen LogP) is 1.67. The monoisotopic (exact) mass is 326 g/mol. The first-order valence-electron chi connectivity index (χ1n) is 6.13. The van der Waals surface area contributed by atoms with Crippen molar-refractivity contribution in [3.05, 3.63) is 47.2 Å². The van der Waals surface area contributed by atoms with Gasteiger partial charge in [0.25, 0.3) is 0 Å². The molecule has 1 heterocycles. The Morgan fingerprint density at radius 1 is 1.24 bits per heavy atom. The molecule has 0 unspecified atom stereocenters. The van der Waals surface area contributed by atoms with Gasteiger partial charge in [0.1, 0.15) is 4.90 Å². The summed E-state index contributed by atoms with van der Waals surface area (Å²) in [6, 6.07) is 7.94. The number of rotatable bonds is 5. The number of aromatic nitrogens is 2. The van der Waals surface area contributed by atoms with Crippen molar-refractivity contribution in [2.45, 2.75) is 11.4 Å². The van der Waals surface area contributed by atoms with Crippen LogP contribution in [0.3, 0.4) is 0 Å². The zero-order valence-electron chi connectivity index (χ0n) is 11.6. The number of anilines is 1. The van der Waals surface area contributed by atoms with E-state index in [0.29, 0.717) is 11.6 Å². The summed E-state index contributed by atoms with van der Waals surface area (Å²) in [6.45, 7) is 0.0664. The van der Waals surface area contributed by atoms with Gasteiger partial charge in [-0.1, -0.05) is 23.7 Å². The molecule has 6 nitrogen and oxygen atoms in total. The van der Waals surface area contributed by atoms with Crippen LogP contribution in [0.25, 0.3) is 0 Å². The Labute approximate surface area is 128 Å². The Morgan fingerprint density at radius 2 is 1.95 bits per heavy atom. The van der Waals surface area contributed by atoms with Crippen molar-refractivity contribution >= 4 is 27.6 Å². The topological polar surface area (TPSA) is 75.2 Å². The number of nitrogens with zero attached hydrogens (tertiary/aromatic N) is 3. The lowest BCUT2D eigenvalue weighted by Crippen LogP contribution is -2.24. The predicted molar refractivity (Wildman–Crippen MR) is 81.8 cm³/mol. The molecule has 0 spiro atoms. The first-order valence-corrected chi connectivity index (χ1v) is 8.00. The lowest BCUT2D eigenvalue weighted by Gasteiger charge is -2.11. The van der Waals surface area contributed by atoms with E-state index in [4.69, 9.17) is 11.6 Å². The minimum Gasteiger partial charge on any atom is -0.347 e. The smallest absolute Gasteiger partial charge is 0.242 e. The van der Waals surface area contributed by atoms with Crippen LogP contribution in [-0.4, -0.2) is 32.5 Å². The first kappa shape index (κ1) is 15.7. The van der Waals surface area contributed by atoms with Crippen LogP contribution in [0.5, 0.6) is 0 Å². The SMILES string of the molecule is CN(C)c1nccc(CNS(=O)(=O)c2ccccc2Cl)n1. The number of halogens is 1. The molecule has 21 heavy (non-hydrogen) atoms. The van der Waals surface area contributed by atoms with Crippen LogP contribution in [0.2, 0.25) is 5.02 Å². The zero-order chi connectivity index (χ0) is 15.5. The van der Waals surface area contributed by atoms with Gasteiger partial charge < -0.3 is 4.90 Å². The van der Waals surface area contributed by atoms with E-state index in [1.54, 1.807) is 29.3 Å². The second-order valence-electron chi connectivity index (χ2n) is 4.50. The number of hydrogen-bond acceptors (Lipinski definition) is 5. The van der Waals surface area contributed by atoms with E-state index in [0.717, 1.165) is 0 Å². The third-order valence-electron chi connectivity index (χ3n) is 2.67. The Morgan fingerprint density at radius 3 is 2.62 bits per heavy atom. The molecule has 112 valence electrons. The van der Waals surface area contributed by atoms with Crippen LogP contribution < -0.4 is 9.62 Å². The van der Waals surface area contributed by atoms with Gasteiger partial charge in [-0.05, 0) is 18.2 Å². The van der Waals surface area contributed by atoms with E-state index in [9.17, 15) is 8.42 Å². The van der Waals surface area contributed by atoms with E-state index in [1.807, 2.05) is 14.1 Å². The van der Waals surface area contributed by atoms with Gasteiger partial charge in [-0.3, -0.25) is 0 Å². The highest BCUT2D eigenvalue weighted by atomic mass is 35.5. The molecule has 0 aliphatic rings. The highest BCUT2D eigenvalue weighted by Gasteiger charge is 2.17. The molecule has 0 saturated heterocycles. The summed E-state index contributed by atoms with van der Waals surface area (Å²) in [6.07, 6.45) is 1.58. The molecule has 1 aromatic carbocycles. The molecule has 2 rings (SSSR count). The van der Waals surface area contributed by atoms with E-state index in [1.165, 1.54) is 12.1 Å². The Kier molecular flexibility index (Phi) is 4.76. The maximum Gasteiger partial charge on any atom is 0.242 e. The van der Waals surface area contributed by atoms with E-state index >= 15 is 0 Å². The van der Waals surface area contributed by atoms with Crippen LogP contribution in [0.15, 0.2) is 41.4 Å². The zero-order valence-corrected chi connectivity index (χ0v) is 13.2. The molecule has 0 saturated carbocycles. The Bertz CT molecular complexity index is 734. The summed E-state index contributed by atoms with van der Waals surface area (Å²) < 4.78 is 26.9. The maximum atomic E-state index is 12.2. The molecule has 0 bridgehead atoms. The van der Waals surface area contributed by atoms with Crippen molar-refractivity contribution in [2.75, 3.05) is 19.0 Å². The van der Waals surface area contributed by atoms with Crippen LogP contribution in [-0.2, 0) is 16.6 Å². The lowest BCUT2D eigenvalue weighted by molar-refractivity contribution is 0.580. The Balaban J connectivity index is 2.16. The molecule has 0 radical (unpaired) electrons. The maximum absolute atomic E-state index is 12.2. The summed E-state index contributed by atoms with van der Waals surface area (Å²) in [5.74, 6) is 0.518. The summed E-state index contributed by atoms with van der Waals surface area (Å²) in [5.41, 5.74) is 0.573. The molecule has 1 N–H and O–H groups in total. The van der Waals surface area contributed by atoms with Crippen molar-refractivity contribution in [1.82, 2.24) is 14.7 Å². The van der Waals surface area contributed by atoms with E-state index in [-0.39, 0.29) is 16.5 Å². The fourth-order valence-corrected chi connectivity index (χ4v) is 3.12. The molecule has 0 aliphatic carbocycles. The van der Waals surface area contributed by atoms with Gasteiger partial charge in [-0.2, -0.15) is 0 Å². The number of hydrogen-bond donors (Lipinski definition) is 1. The van der Waals surface area contributed by atoms with Crippen LogP contribution in [0.1, 0.15) is 5.69 Å². The molecule has 0 aliphatic heterocycles. The van der Waals surface area contributed by atoms with Crippen molar-refractivity contribution in [2.24, 2.45) is 0 Å². The average molecular weight is 327 g/mol. The lowest BCUT2D eigenvalue weighted by atomic mass is 10.4. The second-order valence-corrected chi connectivity index (χ2v) is 6.64. The molecule has 0 amide bonds. The third-order valence-corrected chi connectivity index (χ3v) is 4.57. The highest BCUT2D eigenvalue weighted by Crippen LogP contribution is 2.20. The van der Waals surface area contributed by atoms with Gasteiger partial charge in [0.2, 0.25) is 16.0 Å². The molecular weight excluding hydrogens is 312 g/mol. The van der Waals surface area contributed by atoms with Gasteiger partial charge in [-0.25, -0.2) is 23.1 Å². The van der Waals surface area contributed by atoms with E-state index in [2.05, 4.69) is 14.7 Å². The van der Waals surface area contributed by atoms with Crippen molar-refractivity contribution < 1.29 is 8.42 Å². The number of benzene rings is 1. The van der Waals surface area contributed by atoms with Crippen LogP contribution >= 0.6 is 11.6 Å². The first-order chi connectivity index (χ1) is 9.90. The minimum absolute atomic E-state index is 0.0496. The molecule has 1 aromatic heterocycles. The van der Waals surface area contributed by atoms with Crippen LogP contribution in [0.4, 0.5) is 5.95 Å². The molecular formula is C13H15ClN4O2S. The quantitative estimate of drug-likeness (QED) is 0.904. The molecule has 2 aromatic rings. The second kappa shape index (κ2) is 6.38. The number of sulfonamides is 1. The average Bonchev–Trinajstić information content (AvgIpc) is 2.46. The minimum atomic E-state index is -3.68. The normalized spacial score (nSPS) is 11.4. The summed E-state index contributed by atoms with van der Waals surface area (Å²) >= 11 is 5.91. The fraction of sp³-hybridized carbons (Fsp3) is 0.231. The summed E-state index contributed by atoms with van der Waals surface area (Å²) in [5, 5.41) is 0.182. The van der Waals surface area contributed by atoms with Crippen LogP contribution in [0, 0.1) is 0 Å². The molecule has 8 heteroatoms. The van der Waals surface area contributed by atoms with Crippen molar-refractivity contribution in [1.29, 1.82) is 0 Å². The van der Waals surface area contributed by atoms with E-state index < -0.39 is 10.0 Å². The fourth-order valence-electron chi connectivity index (χ4n) is 1.61. The van der Waals surface area contributed by atoms with Crippen molar-refractivity contribution in [3.8, 4) is 0 Å². The number of nitrogens with one attached hydrogen (secondary N) is 1. The molecule has 0 fully saturated rings. The Hall–Kier alpha value is -1.70.